The van der Waals surface area contributed by atoms with E-state index in [0.717, 1.165) is 0 Å². The fourth-order valence-corrected chi connectivity index (χ4v) is 0. The molecule has 0 aromatic rings. The molecule has 0 N–H and O–H groups in total. The van der Waals surface area contributed by atoms with Gasteiger partial charge in [0.05, 0.1) is 0 Å². The van der Waals surface area contributed by atoms with Crippen LogP contribution < -0.4 is 0 Å². The van der Waals surface area contributed by atoms with Crippen molar-refractivity contribution in [2.24, 2.45) is 0 Å². The molecule has 0 saturated heterocycles. The van der Waals surface area contributed by atoms with Crippen molar-refractivity contribution >= 4 is 40.7 Å². The third kappa shape index (κ3) is 487. The molecule has 0 saturated carbocycles. The Morgan fingerprint density at radius 2 is 0.308 bits per heavy atom. The second-order valence-corrected chi connectivity index (χ2v) is 0. The van der Waals surface area contributed by atoms with Crippen LogP contribution in [0.4, 0.5) is 0 Å². The summed E-state index contributed by atoms with van der Waals surface area (Å²) in [5.74, 6) is 0. The van der Waals surface area contributed by atoms with Gasteiger partial charge in [0.25, 0.3) is 0 Å². The first-order valence-corrected chi connectivity index (χ1v) is 1.73. The van der Waals surface area contributed by atoms with E-state index in [1.807, 2.05) is 40.7 Å². The van der Waals surface area contributed by atoms with Crippen LogP contribution in [-0.4, -0.2) is 40.7 Å². The molecule has 6 nitrogen and oxygen atoms in total. The summed E-state index contributed by atoms with van der Waals surface area (Å²) < 4.78 is 0. The fourth-order valence-electron chi connectivity index (χ4n) is 0. The molecule has 7 heteroatoms. The van der Waals surface area contributed by atoms with E-state index >= 15 is 0 Å². The molecule has 0 atom stereocenters. The van der Waals surface area contributed by atoms with E-state index in [9.17, 15) is 0 Å². The molecule has 78 valence electrons. The van der Waals surface area contributed by atoms with Crippen LogP contribution in [0.2, 0.25) is 0 Å². The summed E-state index contributed by atoms with van der Waals surface area (Å²) in [6, 6.07) is 0. The summed E-state index contributed by atoms with van der Waals surface area (Å²) in [5.41, 5.74) is 0. The molecule has 0 bridgehead atoms. The van der Waals surface area contributed by atoms with E-state index < -0.39 is 0 Å². The van der Waals surface area contributed by atoms with Gasteiger partial charge in [-0.05, 0) is 0 Å². The Hall–Kier alpha value is -1.29. The SMILES string of the molecule is C=O.C=O.C=O.C=O.C=O.C=O.[W]. The first kappa shape index (κ1) is 60.6. The van der Waals surface area contributed by atoms with Crippen LogP contribution in [0, 0.1) is 0 Å². The molecular formula is C6H12O6W. The maximum absolute atomic E-state index is 8.00. The summed E-state index contributed by atoms with van der Waals surface area (Å²) in [6.07, 6.45) is 0. The van der Waals surface area contributed by atoms with E-state index in [2.05, 4.69) is 0 Å². The Kier molecular flexibility index (Phi) is 2820. The molecule has 0 spiro atoms. The number of hydrogen-bond donors (Lipinski definition) is 0. The molecule has 0 aliphatic carbocycles. The summed E-state index contributed by atoms with van der Waals surface area (Å²) >= 11 is 0. The number of carbonyl (C=O) groups is 6. The normalized spacial score (nSPS) is 1.85. The van der Waals surface area contributed by atoms with Gasteiger partial charge in [-0.25, -0.2) is 0 Å². The quantitative estimate of drug-likeness (QED) is 0.540. The van der Waals surface area contributed by atoms with Crippen LogP contribution in [0.15, 0.2) is 0 Å². The predicted octanol–water partition coefficient (Wildman–Crippen LogP) is -1.11. The van der Waals surface area contributed by atoms with Gasteiger partial charge in [0.2, 0.25) is 0 Å². The Labute approximate surface area is 91.0 Å². The Morgan fingerprint density at radius 1 is 0.308 bits per heavy atom. The van der Waals surface area contributed by atoms with E-state index in [1.54, 1.807) is 0 Å². The van der Waals surface area contributed by atoms with Gasteiger partial charge in [0.15, 0.2) is 0 Å². The minimum absolute atomic E-state index is 0. The van der Waals surface area contributed by atoms with Crippen molar-refractivity contribution in [3.63, 3.8) is 0 Å². The first-order chi connectivity index (χ1) is 6.00. The average molecular weight is 364 g/mol. The van der Waals surface area contributed by atoms with E-state index in [4.69, 9.17) is 28.8 Å². The van der Waals surface area contributed by atoms with Crippen LogP contribution >= 0.6 is 0 Å². The van der Waals surface area contributed by atoms with Gasteiger partial charge < -0.3 is 28.8 Å². The standard InChI is InChI=1S/6CH2O.W/c6*1-2;/h6*1H2;. The molecule has 0 fully saturated rings. The fraction of sp³-hybridized carbons (Fsp3) is 0. The summed E-state index contributed by atoms with van der Waals surface area (Å²) in [6.45, 7) is 12.0. The molecule has 0 aliphatic heterocycles. The minimum atomic E-state index is 0. The molecule has 0 aromatic heterocycles. The zero-order valence-corrected chi connectivity index (χ0v) is 10.0. The minimum Gasteiger partial charge on any atom is -0.307 e. The number of hydrogen-bond acceptors (Lipinski definition) is 6. The van der Waals surface area contributed by atoms with Gasteiger partial charge in [0.1, 0.15) is 40.7 Å². The third-order valence-electron chi connectivity index (χ3n) is 0. The summed E-state index contributed by atoms with van der Waals surface area (Å²) in [5, 5.41) is 0. The van der Waals surface area contributed by atoms with Crippen LogP contribution in [0.1, 0.15) is 0 Å². The monoisotopic (exact) mass is 364 g/mol. The first-order valence-electron chi connectivity index (χ1n) is 1.73. The molecule has 0 rings (SSSR count). The maximum atomic E-state index is 8.00. The van der Waals surface area contributed by atoms with Gasteiger partial charge in [-0.3, -0.25) is 0 Å². The van der Waals surface area contributed by atoms with Crippen molar-refractivity contribution in [1.82, 2.24) is 0 Å². The van der Waals surface area contributed by atoms with Crippen LogP contribution in [0.5, 0.6) is 0 Å². The van der Waals surface area contributed by atoms with Crippen molar-refractivity contribution in [3.8, 4) is 0 Å². The molecule has 0 amide bonds. The van der Waals surface area contributed by atoms with E-state index in [0.29, 0.717) is 0 Å². The van der Waals surface area contributed by atoms with Crippen molar-refractivity contribution in [1.29, 1.82) is 0 Å². The van der Waals surface area contributed by atoms with Crippen LogP contribution in [0.25, 0.3) is 0 Å². The summed E-state index contributed by atoms with van der Waals surface area (Å²) in [7, 11) is 0. The van der Waals surface area contributed by atoms with Crippen LogP contribution in [-0.2, 0) is 49.8 Å². The number of rotatable bonds is 0. The second-order valence-electron chi connectivity index (χ2n) is 0. The van der Waals surface area contributed by atoms with Gasteiger partial charge in [-0.2, -0.15) is 0 Å². The van der Waals surface area contributed by atoms with Crippen molar-refractivity contribution < 1.29 is 49.8 Å². The molecule has 0 unspecified atom stereocenters. The molecule has 0 heterocycles. The van der Waals surface area contributed by atoms with Gasteiger partial charge in [-0.15, -0.1) is 0 Å². The third-order valence-corrected chi connectivity index (χ3v) is 0. The largest absolute Gasteiger partial charge is 0.307 e. The average Bonchev–Trinajstić information content (AvgIpc) is 2.33. The van der Waals surface area contributed by atoms with Gasteiger partial charge in [0, 0.05) is 21.1 Å². The van der Waals surface area contributed by atoms with Crippen LogP contribution in [0.3, 0.4) is 0 Å². The zero-order chi connectivity index (χ0) is 12.0. The molecule has 0 aromatic carbocycles. The maximum Gasteiger partial charge on any atom is 0.106 e. The molecule has 0 aliphatic rings. The van der Waals surface area contributed by atoms with E-state index in [-0.39, 0.29) is 21.1 Å². The van der Waals surface area contributed by atoms with Crippen molar-refractivity contribution in [2.75, 3.05) is 0 Å². The predicted molar refractivity (Wildman–Crippen MR) is 42.7 cm³/mol. The smallest absolute Gasteiger partial charge is 0.106 e. The Bertz CT molecular complexity index is 32.6. The zero-order valence-electron chi connectivity index (χ0n) is 7.10. The topological polar surface area (TPSA) is 102 Å². The van der Waals surface area contributed by atoms with Gasteiger partial charge in [-0.1, -0.05) is 0 Å². The molecule has 0 radical (unpaired) electrons. The summed E-state index contributed by atoms with van der Waals surface area (Å²) in [4.78, 5) is 48.0. The second kappa shape index (κ2) is 605. The Balaban J connectivity index is -0.00000000655. The van der Waals surface area contributed by atoms with E-state index in [1.165, 1.54) is 0 Å². The number of carbonyl (C=O) groups excluding carboxylic acids is 6. The molecular weight excluding hydrogens is 352 g/mol. The van der Waals surface area contributed by atoms with Crippen molar-refractivity contribution in [3.05, 3.63) is 0 Å². The molecule has 13 heavy (non-hydrogen) atoms. The van der Waals surface area contributed by atoms with Gasteiger partial charge >= 0.3 is 0 Å². The van der Waals surface area contributed by atoms with Crippen molar-refractivity contribution in [2.45, 2.75) is 0 Å². The Morgan fingerprint density at radius 3 is 0.308 bits per heavy atom.